The van der Waals surface area contributed by atoms with Gasteiger partial charge < -0.3 is 5.32 Å². The van der Waals surface area contributed by atoms with Crippen molar-refractivity contribution in [2.24, 2.45) is 11.8 Å². The maximum absolute atomic E-state index is 12.4. The molecule has 5 nitrogen and oxygen atoms in total. The summed E-state index contributed by atoms with van der Waals surface area (Å²) in [5.41, 5.74) is 0.512. The van der Waals surface area contributed by atoms with E-state index in [4.69, 9.17) is 11.6 Å². The zero-order chi connectivity index (χ0) is 17.3. The van der Waals surface area contributed by atoms with Crippen LogP contribution < -0.4 is 5.32 Å². The molecule has 2 atom stereocenters. The van der Waals surface area contributed by atoms with Crippen LogP contribution in [0.1, 0.15) is 32.1 Å². The lowest BCUT2D eigenvalue weighted by atomic mass is 9.81. The van der Waals surface area contributed by atoms with Crippen molar-refractivity contribution < 1.29 is 14.4 Å². The number of anilines is 1. The fraction of sp³-hybridized carbons (Fsp3) is 0.471. The van der Waals surface area contributed by atoms with Crippen LogP contribution in [0.4, 0.5) is 5.69 Å². The maximum atomic E-state index is 12.4. The summed E-state index contributed by atoms with van der Waals surface area (Å²) >= 11 is 9.37. The average molecular weight is 414 g/mol. The van der Waals surface area contributed by atoms with Crippen molar-refractivity contribution in [3.8, 4) is 0 Å². The standard InChI is InChI=1S/C17H18BrClN2O3/c18-10-5-6-14(13(19)9-10)20-15(22)7-8-21-16(23)11-3-1-2-4-12(11)17(21)24/h5-6,9,11-12H,1-4,7-8H2,(H,20,22)/t11-,12-/m0/s1. The molecule has 1 aromatic rings. The quantitative estimate of drug-likeness (QED) is 0.767. The molecule has 1 aromatic carbocycles. The van der Waals surface area contributed by atoms with Crippen LogP contribution in [-0.4, -0.2) is 29.2 Å². The lowest BCUT2D eigenvalue weighted by Gasteiger charge is -2.19. The van der Waals surface area contributed by atoms with Gasteiger partial charge in [0.2, 0.25) is 17.7 Å². The van der Waals surface area contributed by atoms with E-state index in [9.17, 15) is 14.4 Å². The predicted octanol–water partition coefficient (Wildman–Crippen LogP) is 3.61. The van der Waals surface area contributed by atoms with E-state index in [1.807, 2.05) is 0 Å². The van der Waals surface area contributed by atoms with Gasteiger partial charge in [0.25, 0.3) is 0 Å². The first-order chi connectivity index (χ1) is 11.5. The molecule has 24 heavy (non-hydrogen) atoms. The molecule has 1 N–H and O–H groups in total. The van der Waals surface area contributed by atoms with Crippen LogP contribution in [0.2, 0.25) is 5.02 Å². The van der Waals surface area contributed by atoms with Crippen LogP contribution in [0.25, 0.3) is 0 Å². The van der Waals surface area contributed by atoms with E-state index in [2.05, 4.69) is 21.2 Å². The molecule has 1 heterocycles. The number of benzene rings is 1. The highest BCUT2D eigenvalue weighted by atomic mass is 79.9. The van der Waals surface area contributed by atoms with Crippen LogP contribution >= 0.6 is 27.5 Å². The number of hydrogen-bond acceptors (Lipinski definition) is 3. The number of nitrogens with one attached hydrogen (secondary N) is 1. The van der Waals surface area contributed by atoms with E-state index in [1.54, 1.807) is 18.2 Å². The van der Waals surface area contributed by atoms with Crippen LogP contribution in [-0.2, 0) is 14.4 Å². The number of carbonyl (C=O) groups is 3. The van der Waals surface area contributed by atoms with Gasteiger partial charge in [-0.1, -0.05) is 40.4 Å². The fourth-order valence-corrected chi connectivity index (χ4v) is 4.19. The number of imide groups is 1. The third-order valence-electron chi connectivity index (χ3n) is 4.70. The normalized spacial score (nSPS) is 23.3. The van der Waals surface area contributed by atoms with Gasteiger partial charge in [-0.05, 0) is 31.0 Å². The molecule has 1 aliphatic heterocycles. The molecule has 1 aliphatic carbocycles. The Morgan fingerprint density at radius 3 is 2.42 bits per heavy atom. The molecule has 3 amide bonds. The first-order valence-electron chi connectivity index (χ1n) is 8.07. The number of halogens is 2. The molecule has 7 heteroatoms. The van der Waals surface area contributed by atoms with Gasteiger partial charge in [-0.2, -0.15) is 0 Å². The number of amides is 3. The smallest absolute Gasteiger partial charge is 0.233 e. The number of carbonyl (C=O) groups excluding carboxylic acids is 3. The summed E-state index contributed by atoms with van der Waals surface area (Å²) in [6.45, 7) is 0.130. The predicted molar refractivity (Wildman–Crippen MR) is 94.6 cm³/mol. The van der Waals surface area contributed by atoms with Crippen molar-refractivity contribution >= 4 is 50.9 Å². The summed E-state index contributed by atoms with van der Waals surface area (Å²) in [4.78, 5) is 38.1. The molecular formula is C17H18BrClN2O3. The topological polar surface area (TPSA) is 66.5 Å². The molecule has 3 rings (SSSR count). The minimum Gasteiger partial charge on any atom is -0.325 e. The molecular weight excluding hydrogens is 396 g/mol. The van der Waals surface area contributed by atoms with Gasteiger partial charge in [0, 0.05) is 17.4 Å². The summed E-state index contributed by atoms with van der Waals surface area (Å²) in [5.74, 6) is -0.835. The highest BCUT2D eigenvalue weighted by Gasteiger charge is 2.47. The Kier molecular flexibility index (Phi) is 5.25. The van der Waals surface area contributed by atoms with Gasteiger partial charge in [-0.25, -0.2) is 0 Å². The van der Waals surface area contributed by atoms with Gasteiger partial charge in [0.05, 0.1) is 22.5 Å². The summed E-state index contributed by atoms with van der Waals surface area (Å²) in [6, 6.07) is 5.17. The second-order valence-corrected chi connectivity index (χ2v) is 7.57. The van der Waals surface area contributed by atoms with Crippen molar-refractivity contribution in [1.82, 2.24) is 4.90 Å². The fourth-order valence-electron chi connectivity index (χ4n) is 3.47. The van der Waals surface area contributed by atoms with E-state index < -0.39 is 0 Å². The van der Waals surface area contributed by atoms with Crippen molar-refractivity contribution in [2.45, 2.75) is 32.1 Å². The minimum atomic E-state index is -0.269. The zero-order valence-corrected chi connectivity index (χ0v) is 15.4. The van der Waals surface area contributed by atoms with Gasteiger partial charge in [0.15, 0.2) is 0 Å². The van der Waals surface area contributed by atoms with Gasteiger partial charge >= 0.3 is 0 Å². The largest absolute Gasteiger partial charge is 0.325 e. The van der Waals surface area contributed by atoms with E-state index in [1.165, 1.54) is 4.90 Å². The molecule has 1 saturated carbocycles. The Morgan fingerprint density at radius 1 is 1.21 bits per heavy atom. The van der Waals surface area contributed by atoms with Crippen molar-refractivity contribution in [2.75, 3.05) is 11.9 Å². The van der Waals surface area contributed by atoms with Gasteiger partial charge in [-0.15, -0.1) is 0 Å². The second-order valence-electron chi connectivity index (χ2n) is 6.25. The van der Waals surface area contributed by atoms with Crippen molar-refractivity contribution in [3.63, 3.8) is 0 Å². The van der Waals surface area contributed by atoms with Crippen molar-refractivity contribution in [1.29, 1.82) is 0 Å². The first kappa shape index (κ1) is 17.4. The third-order valence-corrected chi connectivity index (χ3v) is 5.51. The Hall–Kier alpha value is -1.40. The monoisotopic (exact) mass is 412 g/mol. The van der Waals surface area contributed by atoms with Gasteiger partial charge in [-0.3, -0.25) is 19.3 Å². The summed E-state index contributed by atoms with van der Waals surface area (Å²) < 4.78 is 0.821. The Labute approximate surface area is 153 Å². The molecule has 0 aromatic heterocycles. The molecule has 2 aliphatic rings. The van der Waals surface area contributed by atoms with Crippen LogP contribution in [0.3, 0.4) is 0 Å². The summed E-state index contributed by atoms with van der Waals surface area (Å²) in [7, 11) is 0. The molecule has 0 spiro atoms. The van der Waals surface area contributed by atoms with Crippen molar-refractivity contribution in [3.05, 3.63) is 27.7 Å². The van der Waals surface area contributed by atoms with Crippen LogP contribution in [0, 0.1) is 11.8 Å². The summed E-state index contributed by atoms with van der Waals surface area (Å²) in [6.07, 6.45) is 3.63. The molecule has 1 saturated heterocycles. The highest BCUT2D eigenvalue weighted by molar-refractivity contribution is 9.10. The SMILES string of the molecule is O=C(CCN1C(=O)[C@H]2CCCC[C@@H]2C1=O)Nc1ccc(Br)cc1Cl. The lowest BCUT2D eigenvalue weighted by Crippen LogP contribution is -2.34. The number of nitrogens with zero attached hydrogens (tertiary/aromatic N) is 1. The van der Waals surface area contributed by atoms with E-state index in [-0.39, 0.29) is 42.5 Å². The first-order valence-corrected chi connectivity index (χ1v) is 9.24. The zero-order valence-electron chi connectivity index (χ0n) is 13.1. The average Bonchev–Trinajstić information content (AvgIpc) is 2.80. The number of fused-ring (bicyclic) bond motifs is 1. The summed E-state index contributed by atoms with van der Waals surface area (Å²) in [5, 5.41) is 3.14. The van der Waals surface area contributed by atoms with E-state index in [0.717, 1.165) is 30.2 Å². The van der Waals surface area contributed by atoms with Crippen LogP contribution in [0.5, 0.6) is 0 Å². The lowest BCUT2D eigenvalue weighted by molar-refractivity contribution is -0.140. The molecule has 128 valence electrons. The maximum Gasteiger partial charge on any atom is 0.233 e. The van der Waals surface area contributed by atoms with Gasteiger partial charge in [0.1, 0.15) is 0 Å². The van der Waals surface area contributed by atoms with E-state index in [0.29, 0.717) is 10.7 Å². The highest BCUT2D eigenvalue weighted by Crippen LogP contribution is 2.38. The number of likely N-dealkylation sites (tertiary alicyclic amines) is 1. The molecule has 0 radical (unpaired) electrons. The minimum absolute atomic E-state index is 0.0727. The van der Waals surface area contributed by atoms with E-state index >= 15 is 0 Å². The Morgan fingerprint density at radius 2 is 1.83 bits per heavy atom. The molecule has 2 fully saturated rings. The number of hydrogen-bond donors (Lipinski definition) is 1. The Bertz CT molecular complexity index is 670. The molecule has 0 bridgehead atoms. The number of rotatable bonds is 4. The third kappa shape index (κ3) is 3.49. The Balaban J connectivity index is 1.58. The second kappa shape index (κ2) is 7.23. The van der Waals surface area contributed by atoms with Crippen LogP contribution in [0.15, 0.2) is 22.7 Å². The molecule has 0 unspecified atom stereocenters.